The predicted molar refractivity (Wildman–Crippen MR) is 81.9 cm³/mol. The molecule has 1 saturated carbocycles. The molecule has 5 heteroatoms. The largest absolute Gasteiger partial charge is 0.339 e. The Kier molecular flexibility index (Phi) is 4.52. The summed E-state index contributed by atoms with van der Waals surface area (Å²) in [6.45, 7) is 0.612. The van der Waals surface area contributed by atoms with E-state index in [9.17, 15) is 4.39 Å². The zero-order chi connectivity index (χ0) is 15.4. The van der Waals surface area contributed by atoms with Crippen molar-refractivity contribution < 1.29 is 8.91 Å². The van der Waals surface area contributed by atoms with Gasteiger partial charge in [0.05, 0.1) is 5.41 Å². The number of nitrogens with two attached hydrogens (primary N) is 1. The van der Waals surface area contributed by atoms with Gasteiger partial charge in [-0.05, 0) is 43.5 Å². The second-order valence-corrected chi connectivity index (χ2v) is 6.05. The van der Waals surface area contributed by atoms with Gasteiger partial charge in [0.2, 0.25) is 5.89 Å². The standard InChI is InChI=1S/C17H22FN3O/c18-14-8-6-13(7-9-14)17(10-2-1-3-11-17)16-20-15(22-21-16)5-4-12-19/h6-9H,1-5,10-12,19H2. The van der Waals surface area contributed by atoms with Gasteiger partial charge in [0, 0.05) is 6.42 Å². The van der Waals surface area contributed by atoms with Crippen LogP contribution >= 0.6 is 0 Å². The first-order valence-corrected chi connectivity index (χ1v) is 8.04. The van der Waals surface area contributed by atoms with Gasteiger partial charge in [0.15, 0.2) is 5.82 Å². The number of benzene rings is 1. The van der Waals surface area contributed by atoms with Crippen LogP contribution in [0, 0.1) is 5.82 Å². The van der Waals surface area contributed by atoms with E-state index in [0.29, 0.717) is 18.9 Å². The highest BCUT2D eigenvalue weighted by Crippen LogP contribution is 2.43. The molecule has 0 atom stereocenters. The zero-order valence-corrected chi connectivity index (χ0v) is 12.7. The van der Waals surface area contributed by atoms with Gasteiger partial charge in [-0.3, -0.25) is 0 Å². The van der Waals surface area contributed by atoms with E-state index in [0.717, 1.165) is 43.5 Å². The fourth-order valence-electron chi connectivity index (χ4n) is 3.37. The van der Waals surface area contributed by atoms with Crippen molar-refractivity contribution in [3.63, 3.8) is 0 Å². The van der Waals surface area contributed by atoms with Crippen LogP contribution in [0.1, 0.15) is 55.8 Å². The van der Waals surface area contributed by atoms with Crippen LogP contribution in [0.5, 0.6) is 0 Å². The summed E-state index contributed by atoms with van der Waals surface area (Å²) in [5.41, 5.74) is 6.38. The van der Waals surface area contributed by atoms with E-state index in [1.54, 1.807) is 0 Å². The highest BCUT2D eigenvalue weighted by atomic mass is 19.1. The first kappa shape index (κ1) is 15.2. The molecule has 4 nitrogen and oxygen atoms in total. The smallest absolute Gasteiger partial charge is 0.226 e. The Hall–Kier alpha value is -1.75. The van der Waals surface area contributed by atoms with Gasteiger partial charge in [0.25, 0.3) is 0 Å². The second kappa shape index (κ2) is 6.57. The predicted octanol–water partition coefficient (Wildman–Crippen LogP) is 3.35. The zero-order valence-electron chi connectivity index (χ0n) is 12.7. The van der Waals surface area contributed by atoms with Gasteiger partial charge in [-0.25, -0.2) is 4.39 Å². The van der Waals surface area contributed by atoms with Crippen molar-refractivity contribution in [2.24, 2.45) is 5.73 Å². The molecule has 2 N–H and O–H groups in total. The fourth-order valence-corrected chi connectivity index (χ4v) is 3.37. The summed E-state index contributed by atoms with van der Waals surface area (Å²) in [4.78, 5) is 4.62. The summed E-state index contributed by atoms with van der Waals surface area (Å²) in [6, 6.07) is 6.75. The topological polar surface area (TPSA) is 64.9 Å². The van der Waals surface area contributed by atoms with E-state index in [4.69, 9.17) is 10.3 Å². The average molecular weight is 303 g/mol. The van der Waals surface area contributed by atoms with E-state index in [1.165, 1.54) is 18.6 Å². The van der Waals surface area contributed by atoms with E-state index in [2.05, 4.69) is 10.1 Å². The van der Waals surface area contributed by atoms with Crippen molar-refractivity contribution in [1.29, 1.82) is 0 Å². The van der Waals surface area contributed by atoms with Gasteiger partial charge in [0.1, 0.15) is 5.82 Å². The molecule has 3 rings (SSSR count). The Morgan fingerprint density at radius 2 is 1.86 bits per heavy atom. The fraction of sp³-hybridized carbons (Fsp3) is 0.529. The van der Waals surface area contributed by atoms with Gasteiger partial charge in [-0.15, -0.1) is 0 Å². The molecule has 2 aromatic rings. The van der Waals surface area contributed by atoms with Crippen LogP contribution in [-0.4, -0.2) is 16.7 Å². The van der Waals surface area contributed by atoms with Gasteiger partial charge in [-0.2, -0.15) is 4.98 Å². The summed E-state index contributed by atoms with van der Waals surface area (Å²) in [5.74, 6) is 1.17. The molecule has 0 aliphatic heterocycles. The molecule has 0 radical (unpaired) electrons. The summed E-state index contributed by atoms with van der Waals surface area (Å²) < 4.78 is 18.7. The Bertz CT molecular complexity index is 603. The maximum absolute atomic E-state index is 13.3. The molecule has 1 aliphatic rings. The minimum absolute atomic E-state index is 0.216. The Morgan fingerprint density at radius 1 is 1.14 bits per heavy atom. The SMILES string of the molecule is NCCCc1nc(C2(c3ccc(F)cc3)CCCCC2)no1. The van der Waals surface area contributed by atoms with Crippen LogP contribution in [-0.2, 0) is 11.8 Å². The second-order valence-electron chi connectivity index (χ2n) is 6.05. The first-order valence-electron chi connectivity index (χ1n) is 8.04. The lowest BCUT2D eigenvalue weighted by atomic mass is 9.69. The van der Waals surface area contributed by atoms with Crippen molar-refractivity contribution in [3.05, 3.63) is 47.4 Å². The third-order valence-electron chi connectivity index (χ3n) is 4.59. The third-order valence-corrected chi connectivity index (χ3v) is 4.59. The highest BCUT2D eigenvalue weighted by Gasteiger charge is 2.40. The Morgan fingerprint density at radius 3 is 2.55 bits per heavy atom. The number of rotatable bonds is 5. The number of hydrogen-bond donors (Lipinski definition) is 1. The van der Waals surface area contributed by atoms with E-state index in [1.807, 2.05) is 12.1 Å². The quantitative estimate of drug-likeness (QED) is 0.920. The van der Waals surface area contributed by atoms with Crippen LogP contribution < -0.4 is 5.73 Å². The molecule has 1 heterocycles. The number of halogens is 1. The molecular formula is C17H22FN3O. The average Bonchev–Trinajstić information content (AvgIpc) is 3.03. The maximum Gasteiger partial charge on any atom is 0.226 e. The van der Waals surface area contributed by atoms with Crippen molar-refractivity contribution in [3.8, 4) is 0 Å². The molecular weight excluding hydrogens is 281 g/mol. The van der Waals surface area contributed by atoms with Crippen molar-refractivity contribution in [1.82, 2.24) is 10.1 Å². The molecule has 1 aromatic heterocycles. The molecule has 118 valence electrons. The molecule has 1 aromatic carbocycles. The van der Waals surface area contributed by atoms with E-state index >= 15 is 0 Å². The van der Waals surface area contributed by atoms with Crippen LogP contribution in [0.15, 0.2) is 28.8 Å². The summed E-state index contributed by atoms with van der Waals surface area (Å²) in [5, 5.41) is 4.24. The monoisotopic (exact) mass is 303 g/mol. The van der Waals surface area contributed by atoms with E-state index < -0.39 is 0 Å². The van der Waals surface area contributed by atoms with Crippen LogP contribution in [0.25, 0.3) is 0 Å². The first-order chi connectivity index (χ1) is 10.7. The highest BCUT2D eigenvalue weighted by molar-refractivity contribution is 5.33. The maximum atomic E-state index is 13.3. The molecule has 0 bridgehead atoms. The van der Waals surface area contributed by atoms with E-state index in [-0.39, 0.29) is 11.2 Å². The molecule has 22 heavy (non-hydrogen) atoms. The van der Waals surface area contributed by atoms with Crippen LogP contribution in [0.4, 0.5) is 4.39 Å². The summed E-state index contributed by atoms with van der Waals surface area (Å²) in [6.07, 6.45) is 6.99. The number of aromatic nitrogens is 2. The molecule has 1 aliphatic carbocycles. The van der Waals surface area contributed by atoms with Crippen LogP contribution in [0.2, 0.25) is 0 Å². The minimum atomic E-state index is -0.240. The lowest BCUT2D eigenvalue weighted by molar-refractivity contribution is 0.308. The Labute approximate surface area is 129 Å². The Balaban J connectivity index is 1.95. The normalized spacial score (nSPS) is 17.5. The van der Waals surface area contributed by atoms with Gasteiger partial charge >= 0.3 is 0 Å². The lowest BCUT2D eigenvalue weighted by Crippen LogP contribution is -2.31. The minimum Gasteiger partial charge on any atom is -0.339 e. The van der Waals surface area contributed by atoms with Crippen molar-refractivity contribution in [2.75, 3.05) is 6.54 Å². The summed E-state index contributed by atoms with van der Waals surface area (Å²) in [7, 11) is 0. The molecule has 0 amide bonds. The number of nitrogens with zero attached hydrogens (tertiary/aromatic N) is 2. The lowest BCUT2D eigenvalue weighted by Gasteiger charge is -2.35. The van der Waals surface area contributed by atoms with Gasteiger partial charge in [-0.1, -0.05) is 36.6 Å². The number of hydrogen-bond acceptors (Lipinski definition) is 4. The number of aryl methyl sites for hydroxylation is 1. The molecule has 0 spiro atoms. The van der Waals surface area contributed by atoms with Crippen LogP contribution in [0.3, 0.4) is 0 Å². The molecule has 1 fully saturated rings. The molecule has 0 unspecified atom stereocenters. The molecule has 0 saturated heterocycles. The summed E-state index contributed by atoms with van der Waals surface area (Å²) >= 11 is 0. The van der Waals surface area contributed by atoms with Crippen molar-refractivity contribution in [2.45, 2.75) is 50.4 Å². The van der Waals surface area contributed by atoms with Gasteiger partial charge < -0.3 is 10.3 Å². The third kappa shape index (κ3) is 2.90. The van der Waals surface area contributed by atoms with Crippen molar-refractivity contribution >= 4 is 0 Å².